The first kappa shape index (κ1) is 27.6. The zero-order valence-electron chi connectivity index (χ0n) is 22.6. The number of urea groups is 1. The molecular formula is C29H32FN5O5S. The molecule has 2 aliphatic carbocycles. The summed E-state index contributed by atoms with van der Waals surface area (Å²) in [6, 6.07) is 13.6. The number of hydrogen-bond donors (Lipinski definition) is 3. The lowest BCUT2D eigenvalue weighted by molar-refractivity contribution is 0.0985. The molecule has 2 aromatic carbocycles. The maximum absolute atomic E-state index is 14.7. The second kappa shape index (κ2) is 10.3. The van der Waals surface area contributed by atoms with Crippen LogP contribution in [0, 0.1) is 5.82 Å². The average Bonchev–Trinajstić information content (AvgIpc) is 3.90. The van der Waals surface area contributed by atoms with E-state index in [1.54, 1.807) is 30.3 Å². The first-order chi connectivity index (χ1) is 19.6. The molecule has 41 heavy (non-hydrogen) atoms. The van der Waals surface area contributed by atoms with Crippen LogP contribution in [0.25, 0.3) is 11.4 Å². The number of carbonyl (C=O) groups is 1. The van der Waals surface area contributed by atoms with Crippen molar-refractivity contribution < 1.29 is 27.4 Å². The Bertz CT molecular complexity index is 1570. The number of benzene rings is 2. The SMILES string of the molecule is C[C@H]1COCCN1c1cc(C2(S(=O)(=O)c3ccccc3F)CC2)nc(-c2ccc(NC(=O)NCC3(O)CC3)cc2)n1. The summed E-state index contributed by atoms with van der Waals surface area (Å²) < 4.78 is 46.5. The molecule has 1 saturated heterocycles. The van der Waals surface area contributed by atoms with Gasteiger partial charge in [-0.1, -0.05) is 12.1 Å². The highest BCUT2D eigenvalue weighted by Gasteiger charge is 2.58. The van der Waals surface area contributed by atoms with Gasteiger partial charge in [-0.05, 0) is 69.0 Å². The molecule has 2 amide bonds. The van der Waals surface area contributed by atoms with Crippen LogP contribution in [0.5, 0.6) is 0 Å². The standard InChI is InChI=1S/C29H32FN5O5S/c1-19-17-40-15-14-35(19)25-16-24(29(12-13-29)41(38,39)23-5-3-2-4-22(23)30)33-26(34-25)20-6-8-21(9-7-20)32-27(36)31-18-28(37)10-11-28/h2-9,16,19,37H,10-15,17-18H2,1H3,(H2,31,32,36)/t19-/m0/s1. The Morgan fingerprint density at radius 3 is 2.51 bits per heavy atom. The molecular weight excluding hydrogens is 549 g/mol. The molecule has 1 aromatic heterocycles. The first-order valence-corrected chi connectivity index (χ1v) is 15.2. The lowest BCUT2D eigenvalue weighted by Crippen LogP contribution is -2.44. The van der Waals surface area contributed by atoms with Crippen molar-refractivity contribution >= 4 is 27.4 Å². The van der Waals surface area contributed by atoms with E-state index in [0.717, 1.165) is 6.07 Å². The van der Waals surface area contributed by atoms with Crippen LogP contribution in [0.2, 0.25) is 0 Å². The Morgan fingerprint density at radius 2 is 1.85 bits per heavy atom. The van der Waals surface area contributed by atoms with Gasteiger partial charge in [0.25, 0.3) is 0 Å². The van der Waals surface area contributed by atoms with Gasteiger partial charge in [-0.25, -0.2) is 27.6 Å². The van der Waals surface area contributed by atoms with Gasteiger partial charge in [0.1, 0.15) is 21.3 Å². The van der Waals surface area contributed by atoms with Crippen LogP contribution in [0.4, 0.5) is 20.7 Å². The molecule has 0 radical (unpaired) electrons. The van der Waals surface area contributed by atoms with Crippen LogP contribution in [-0.4, -0.2) is 67.5 Å². The van der Waals surface area contributed by atoms with E-state index < -0.39 is 32.0 Å². The van der Waals surface area contributed by atoms with Crippen molar-refractivity contribution in [2.45, 2.75) is 53.9 Å². The normalized spacial score (nSPS) is 20.8. The van der Waals surface area contributed by atoms with Crippen molar-refractivity contribution in [3.05, 3.63) is 66.1 Å². The van der Waals surface area contributed by atoms with E-state index in [1.165, 1.54) is 18.2 Å². The molecule has 3 N–H and O–H groups in total. The summed E-state index contributed by atoms with van der Waals surface area (Å²) in [5.74, 6) is 0.127. The fourth-order valence-corrected chi connectivity index (χ4v) is 7.13. The van der Waals surface area contributed by atoms with Crippen LogP contribution in [0.3, 0.4) is 0 Å². The second-order valence-corrected chi connectivity index (χ2v) is 13.3. The van der Waals surface area contributed by atoms with Gasteiger partial charge in [-0.15, -0.1) is 0 Å². The van der Waals surface area contributed by atoms with Crippen LogP contribution in [-0.2, 0) is 19.3 Å². The number of morpholine rings is 1. The fourth-order valence-electron chi connectivity index (χ4n) is 5.10. The quantitative estimate of drug-likeness (QED) is 0.367. The second-order valence-electron chi connectivity index (χ2n) is 11.1. The molecule has 0 bridgehead atoms. The predicted molar refractivity (Wildman–Crippen MR) is 151 cm³/mol. The number of nitrogens with zero attached hydrogens (tertiary/aromatic N) is 3. The van der Waals surface area contributed by atoms with Gasteiger partial charge < -0.3 is 25.4 Å². The molecule has 0 unspecified atom stereocenters. The molecule has 216 valence electrons. The highest BCUT2D eigenvalue weighted by atomic mass is 32.2. The molecule has 0 spiro atoms. The van der Waals surface area contributed by atoms with Gasteiger partial charge in [0.15, 0.2) is 15.7 Å². The van der Waals surface area contributed by atoms with Crippen molar-refractivity contribution in [3.63, 3.8) is 0 Å². The topological polar surface area (TPSA) is 134 Å². The number of anilines is 2. The average molecular weight is 582 g/mol. The fraction of sp³-hybridized carbons (Fsp3) is 0.414. The Balaban J connectivity index is 1.33. The van der Waals surface area contributed by atoms with Crippen LogP contribution >= 0.6 is 0 Å². The van der Waals surface area contributed by atoms with E-state index >= 15 is 0 Å². The number of ether oxygens (including phenoxy) is 1. The van der Waals surface area contributed by atoms with Crippen molar-refractivity contribution in [2.24, 2.45) is 0 Å². The number of rotatable bonds is 8. The van der Waals surface area contributed by atoms with Crippen molar-refractivity contribution in [1.29, 1.82) is 0 Å². The first-order valence-electron chi connectivity index (χ1n) is 13.7. The summed E-state index contributed by atoms with van der Waals surface area (Å²) in [7, 11) is -4.08. The van der Waals surface area contributed by atoms with Gasteiger partial charge in [0.2, 0.25) is 0 Å². The number of aliphatic hydroxyl groups is 1. The van der Waals surface area contributed by atoms with Crippen molar-refractivity contribution in [2.75, 3.05) is 36.5 Å². The van der Waals surface area contributed by atoms with Crippen LogP contribution in [0.15, 0.2) is 59.5 Å². The Labute approximate surface area is 237 Å². The van der Waals surface area contributed by atoms with E-state index in [9.17, 15) is 22.7 Å². The lowest BCUT2D eigenvalue weighted by atomic mass is 10.1. The summed E-state index contributed by atoms with van der Waals surface area (Å²) in [6.07, 6.45) is 2.00. The third-order valence-corrected chi connectivity index (χ3v) is 10.5. The van der Waals surface area contributed by atoms with E-state index in [-0.39, 0.29) is 17.5 Å². The van der Waals surface area contributed by atoms with E-state index in [2.05, 4.69) is 15.5 Å². The molecule has 6 rings (SSSR count). The largest absolute Gasteiger partial charge is 0.388 e. The van der Waals surface area contributed by atoms with Gasteiger partial charge in [-0.3, -0.25) is 0 Å². The molecule has 2 heterocycles. The summed E-state index contributed by atoms with van der Waals surface area (Å²) in [4.78, 5) is 23.5. The van der Waals surface area contributed by atoms with Crippen LogP contribution in [0.1, 0.15) is 38.3 Å². The minimum Gasteiger partial charge on any atom is -0.388 e. The summed E-state index contributed by atoms with van der Waals surface area (Å²) >= 11 is 0. The van der Waals surface area contributed by atoms with Gasteiger partial charge in [-0.2, -0.15) is 0 Å². The molecule has 1 atom stereocenters. The van der Waals surface area contributed by atoms with Crippen molar-refractivity contribution in [3.8, 4) is 11.4 Å². The highest BCUT2D eigenvalue weighted by Crippen LogP contribution is 2.55. The number of aromatic nitrogens is 2. The van der Waals surface area contributed by atoms with E-state index in [1.807, 2.05) is 6.92 Å². The smallest absolute Gasteiger partial charge is 0.319 e. The van der Waals surface area contributed by atoms with Gasteiger partial charge in [0.05, 0.1) is 30.6 Å². The van der Waals surface area contributed by atoms with Crippen LogP contribution < -0.4 is 15.5 Å². The number of amides is 2. The zero-order chi connectivity index (χ0) is 28.8. The number of hydrogen-bond acceptors (Lipinski definition) is 8. The monoisotopic (exact) mass is 581 g/mol. The number of nitrogens with one attached hydrogen (secondary N) is 2. The summed E-state index contributed by atoms with van der Waals surface area (Å²) in [5, 5.41) is 15.3. The number of sulfone groups is 1. The number of carbonyl (C=O) groups excluding carboxylic acids is 1. The minimum absolute atomic E-state index is 0.0106. The third kappa shape index (κ3) is 5.39. The third-order valence-electron chi connectivity index (χ3n) is 7.99. The van der Waals surface area contributed by atoms with Gasteiger partial charge in [0, 0.05) is 30.4 Å². The Kier molecular flexibility index (Phi) is 6.95. The zero-order valence-corrected chi connectivity index (χ0v) is 23.5. The molecule has 12 heteroatoms. The van der Waals surface area contributed by atoms with E-state index in [0.29, 0.717) is 74.0 Å². The van der Waals surface area contributed by atoms with E-state index in [4.69, 9.17) is 14.7 Å². The molecule has 3 fully saturated rings. The maximum atomic E-state index is 14.7. The Morgan fingerprint density at radius 1 is 1.12 bits per heavy atom. The maximum Gasteiger partial charge on any atom is 0.319 e. The van der Waals surface area contributed by atoms with Gasteiger partial charge >= 0.3 is 6.03 Å². The Hall–Kier alpha value is -3.61. The molecule has 1 aliphatic heterocycles. The molecule has 3 aliphatic rings. The summed E-state index contributed by atoms with van der Waals surface area (Å²) in [5.41, 5.74) is 0.705. The predicted octanol–water partition coefficient (Wildman–Crippen LogP) is 3.62. The van der Waals surface area contributed by atoms with Crippen molar-refractivity contribution in [1.82, 2.24) is 15.3 Å². The highest BCUT2D eigenvalue weighted by molar-refractivity contribution is 7.92. The molecule has 3 aromatic rings. The minimum atomic E-state index is -4.08. The molecule has 2 saturated carbocycles. The number of halogens is 1. The summed E-state index contributed by atoms with van der Waals surface area (Å²) in [6.45, 7) is 3.80. The molecule has 10 nitrogen and oxygen atoms in total. The lowest BCUT2D eigenvalue weighted by Gasteiger charge is -2.34.